The summed E-state index contributed by atoms with van der Waals surface area (Å²) in [5.41, 5.74) is 2.46. The Bertz CT molecular complexity index is 917. The van der Waals surface area contributed by atoms with Gasteiger partial charge in [-0.3, -0.25) is 9.36 Å². The Labute approximate surface area is 173 Å². The van der Waals surface area contributed by atoms with Gasteiger partial charge in [0.15, 0.2) is 0 Å². The molecule has 0 unspecified atom stereocenters. The van der Waals surface area contributed by atoms with Crippen molar-refractivity contribution in [1.29, 1.82) is 0 Å². The minimum atomic E-state index is -0.333. The van der Waals surface area contributed by atoms with E-state index in [0.717, 1.165) is 11.1 Å². The SMILES string of the molecule is Cc1[c-]cc(-n2c(=O)cc(C)n(C)c2=O)c(C)c1.[Y+3].[c-]1ccccc1. The van der Waals surface area contributed by atoms with Gasteiger partial charge in [0.05, 0.1) is 0 Å². The van der Waals surface area contributed by atoms with Gasteiger partial charge in [0.25, 0.3) is 0 Å². The van der Waals surface area contributed by atoms with Crippen molar-refractivity contribution in [3.8, 4) is 5.69 Å². The Hall–Kier alpha value is -1.78. The first-order valence-electron chi connectivity index (χ1n) is 7.62. The average molecular weight is 409 g/mol. The van der Waals surface area contributed by atoms with Crippen molar-refractivity contribution in [2.24, 2.45) is 7.05 Å². The molecule has 25 heavy (non-hydrogen) atoms. The molecule has 2 aromatic carbocycles. The van der Waals surface area contributed by atoms with Crippen molar-refractivity contribution < 1.29 is 32.7 Å². The summed E-state index contributed by atoms with van der Waals surface area (Å²) in [7, 11) is 1.65. The van der Waals surface area contributed by atoms with Crippen LogP contribution in [0.1, 0.15) is 16.8 Å². The van der Waals surface area contributed by atoms with E-state index in [2.05, 4.69) is 12.1 Å². The second kappa shape index (κ2) is 9.64. The fourth-order valence-corrected chi connectivity index (χ4v) is 2.28. The minimum Gasteiger partial charge on any atom is -0.301 e. The van der Waals surface area contributed by atoms with Gasteiger partial charge >= 0.3 is 38.4 Å². The molecule has 4 nitrogen and oxygen atoms in total. The molecule has 0 saturated heterocycles. The molecule has 1 heterocycles. The molecule has 0 fully saturated rings. The molecule has 0 spiro atoms. The van der Waals surface area contributed by atoms with Gasteiger partial charge in [0, 0.05) is 18.8 Å². The first kappa shape index (κ1) is 21.3. The Morgan fingerprint density at radius 2 is 1.60 bits per heavy atom. The van der Waals surface area contributed by atoms with Crippen molar-refractivity contribution in [1.82, 2.24) is 9.13 Å². The van der Waals surface area contributed by atoms with E-state index in [1.807, 2.05) is 50.2 Å². The number of benzene rings is 2. The van der Waals surface area contributed by atoms with Crippen LogP contribution >= 0.6 is 0 Å². The molecule has 0 amide bonds. The molecule has 0 radical (unpaired) electrons. The largest absolute Gasteiger partial charge is 3.00 e. The predicted octanol–water partition coefficient (Wildman–Crippen LogP) is 2.75. The smallest absolute Gasteiger partial charge is 0.301 e. The normalized spacial score (nSPS) is 9.60. The van der Waals surface area contributed by atoms with Crippen LogP contribution in [0.2, 0.25) is 0 Å². The van der Waals surface area contributed by atoms with E-state index in [4.69, 9.17) is 0 Å². The Balaban J connectivity index is 0.000000379. The Kier molecular flexibility index (Phi) is 8.20. The first-order valence-corrected chi connectivity index (χ1v) is 7.62. The van der Waals surface area contributed by atoms with E-state index in [9.17, 15) is 9.59 Å². The van der Waals surface area contributed by atoms with E-state index in [1.165, 1.54) is 15.2 Å². The van der Waals surface area contributed by atoms with Crippen LogP contribution in [0.4, 0.5) is 0 Å². The third-order valence-electron chi connectivity index (χ3n) is 3.68. The van der Waals surface area contributed by atoms with Crippen LogP contribution in [0.15, 0.2) is 58.1 Å². The number of aryl methyl sites for hydroxylation is 3. The number of hydrogen-bond acceptors (Lipinski definition) is 2. The summed E-state index contributed by atoms with van der Waals surface area (Å²) in [6.45, 7) is 5.54. The molecule has 124 valence electrons. The molecule has 0 N–H and O–H groups in total. The monoisotopic (exact) mass is 409 g/mol. The number of nitrogens with zero attached hydrogens (tertiary/aromatic N) is 2. The van der Waals surface area contributed by atoms with Crippen LogP contribution in [0.3, 0.4) is 0 Å². The summed E-state index contributed by atoms with van der Waals surface area (Å²) in [6, 6.07) is 20.6. The standard InChI is InChI=1S/C14H15N2O2.C6H5.Y/c1-9-5-6-12(10(2)7-9)16-13(17)8-11(3)15(4)14(16)18;1-2-4-6-5-3-1;/h6-8H,1-4H3;1-5H;/q2*-1;+3. The van der Waals surface area contributed by atoms with E-state index >= 15 is 0 Å². The van der Waals surface area contributed by atoms with Gasteiger partial charge < -0.3 is 4.57 Å². The zero-order chi connectivity index (χ0) is 17.7. The topological polar surface area (TPSA) is 44.0 Å². The summed E-state index contributed by atoms with van der Waals surface area (Å²) in [6.07, 6.45) is 0. The van der Waals surface area contributed by atoms with Crippen LogP contribution in [0.25, 0.3) is 5.69 Å². The van der Waals surface area contributed by atoms with Gasteiger partial charge in [0.1, 0.15) is 0 Å². The molecule has 0 bridgehead atoms. The van der Waals surface area contributed by atoms with Crippen molar-refractivity contribution in [2.45, 2.75) is 20.8 Å². The quantitative estimate of drug-likeness (QED) is 0.581. The summed E-state index contributed by atoms with van der Waals surface area (Å²) >= 11 is 0. The minimum absolute atomic E-state index is 0. The summed E-state index contributed by atoms with van der Waals surface area (Å²) in [5, 5.41) is 0. The second-order valence-electron chi connectivity index (χ2n) is 5.56. The molecular weight excluding hydrogens is 389 g/mol. The second-order valence-corrected chi connectivity index (χ2v) is 5.56. The maximum Gasteiger partial charge on any atom is 3.00 e. The molecule has 0 aliphatic rings. The summed E-state index contributed by atoms with van der Waals surface area (Å²) in [5.74, 6) is 0. The van der Waals surface area contributed by atoms with Gasteiger partial charge in [-0.15, -0.1) is 5.56 Å². The van der Waals surface area contributed by atoms with Crippen LogP contribution < -0.4 is 11.2 Å². The molecular formula is C20H20N2O2Y+. The first-order chi connectivity index (χ1) is 11.4. The maximum absolute atomic E-state index is 12.2. The zero-order valence-corrected chi connectivity index (χ0v) is 17.7. The van der Waals surface area contributed by atoms with Crippen molar-refractivity contribution in [3.05, 3.63) is 98.3 Å². The molecule has 0 atom stereocenters. The fourth-order valence-electron chi connectivity index (χ4n) is 2.28. The van der Waals surface area contributed by atoms with E-state index < -0.39 is 0 Å². The van der Waals surface area contributed by atoms with Gasteiger partial charge in [0.2, 0.25) is 5.56 Å². The molecule has 0 aliphatic carbocycles. The van der Waals surface area contributed by atoms with Crippen molar-refractivity contribution in [2.75, 3.05) is 0 Å². The van der Waals surface area contributed by atoms with E-state index in [-0.39, 0.29) is 44.0 Å². The number of hydrogen-bond donors (Lipinski definition) is 0. The zero-order valence-electron chi connectivity index (χ0n) is 14.9. The Morgan fingerprint density at radius 1 is 0.960 bits per heavy atom. The predicted molar refractivity (Wildman–Crippen MR) is 95.6 cm³/mol. The van der Waals surface area contributed by atoms with E-state index in [0.29, 0.717) is 11.4 Å². The number of aromatic nitrogens is 2. The molecule has 3 rings (SSSR count). The number of rotatable bonds is 1. The van der Waals surface area contributed by atoms with Gasteiger partial charge in [-0.2, -0.15) is 60.2 Å². The van der Waals surface area contributed by atoms with Crippen LogP contribution in [-0.4, -0.2) is 9.13 Å². The Morgan fingerprint density at radius 3 is 2.08 bits per heavy atom. The molecule has 0 saturated carbocycles. The van der Waals surface area contributed by atoms with Crippen LogP contribution in [-0.2, 0) is 39.8 Å². The third-order valence-corrected chi connectivity index (χ3v) is 3.68. The van der Waals surface area contributed by atoms with Gasteiger partial charge in [-0.05, 0) is 6.92 Å². The van der Waals surface area contributed by atoms with Gasteiger partial charge in [-0.1, -0.05) is 19.5 Å². The van der Waals surface area contributed by atoms with Gasteiger partial charge in [-0.25, -0.2) is 4.79 Å². The van der Waals surface area contributed by atoms with E-state index in [1.54, 1.807) is 20.0 Å². The van der Waals surface area contributed by atoms with Crippen LogP contribution in [0, 0.1) is 32.9 Å². The molecule has 3 aromatic rings. The summed E-state index contributed by atoms with van der Waals surface area (Å²) in [4.78, 5) is 24.1. The van der Waals surface area contributed by atoms with Crippen LogP contribution in [0.5, 0.6) is 0 Å². The fraction of sp³-hybridized carbons (Fsp3) is 0.200. The maximum atomic E-state index is 12.2. The third kappa shape index (κ3) is 5.35. The average Bonchev–Trinajstić information content (AvgIpc) is 2.57. The molecule has 1 aromatic heterocycles. The van der Waals surface area contributed by atoms with Crippen molar-refractivity contribution in [3.63, 3.8) is 0 Å². The van der Waals surface area contributed by atoms with Crippen molar-refractivity contribution >= 4 is 0 Å². The molecule has 0 aliphatic heterocycles. The molecule has 5 heteroatoms. The summed E-state index contributed by atoms with van der Waals surface area (Å²) < 4.78 is 2.64.